The van der Waals surface area contributed by atoms with Gasteiger partial charge in [-0.1, -0.05) is 0 Å². The number of nitrogens with zero attached hydrogens (tertiary/aromatic N) is 2. The summed E-state index contributed by atoms with van der Waals surface area (Å²) < 4.78 is 0. The summed E-state index contributed by atoms with van der Waals surface area (Å²) in [6.45, 7) is 2.23. The first kappa shape index (κ1) is 29.1. The van der Waals surface area contributed by atoms with Gasteiger partial charge in [-0.15, -0.1) is 0 Å². The molecule has 1 aliphatic rings. The molecule has 184 valence electrons. The number of amides is 1. The van der Waals surface area contributed by atoms with Gasteiger partial charge in [-0.2, -0.15) is 0 Å². The molecule has 1 aliphatic heterocycles. The molecule has 0 aromatic heterocycles. The number of nitrogen functional groups attached to an aromatic ring is 1. The van der Waals surface area contributed by atoms with Crippen molar-refractivity contribution in [1.29, 1.82) is 0 Å². The summed E-state index contributed by atoms with van der Waals surface area (Å²) in [5.74, 6) is -2.16. The van der Waals surface area contributed by atoms with Crippen LogP contribution in [0, 0.1) is 10.1 Å². The number of rotatable bonds is 8. The summed E-state index contributed by atoms with van der Waals surface area (Å²) in [7, 11) is 0. The molecular weight excluding hydrogens is 438 g/mol. The van der Waals surface area contributed by atoms with Gasteiger partial charge in [0.25, 0.3) is 11.7 Å². The third-order valence-corrected chi connectivity index (χ3v) is 4.04. The number of benzene rings is 1. The van der Waals surface area contributed by atoms with Crippen LogP contribution in [0.2, 0.25) is 0 Å². The van der Waals surface area contributed by atoms with Gasteiger partial charge >= 0.3 is 5.97 Å². The maximum absolute atomic E-state index is 11.8. The summed E-state index contributed by atoms with van der Waals surface area (Å²) in [5.41, 5.74) is 16.2. The fourth-order valence-electron chi connectivity index (χ4n) is 2.54. The van der Waals surface area contributed by atoms with E-state index in [1.807, 2.05) is 0 Å². The minimum absolute atomic E-state index is 0.0222. The molecule has 1 amide bonds. The number of carbonyl (C=O) groups is 3. The van der Waals surface area contributed by atoms with Crippen molar-refractivity contribution in [3.05, 3.63) is 34.4 Å². The second-order valence-electron chi connectivity index (χ2n) is 6.86. The summed E-state index contributed by atoms with van der Waals surface area (Å²) >= 11 is 0. The largest absolute Gasteiger partial charge is 0.481 e. The average Bonchev–Trinajstić information content (AvgIpc) is 3.25. The summed E-state index contributed by atoms with van der Waals surface area (Å²) in [5, 5.41) is 32.1. The molecule has 2 rings (SSSR count). The number of aliphatic imine (C=N–C) groups is 1. The number of hydrogen-bond acceptors (Lipinski definition) is 8. The lowest BCUT2D eigenvalue weighted by atomic mass is 10.1. The van der Waals surface area contributed by atoms with Gasteiger partial charge in [0.15, 0.2) is 5.96 Å². The van der Waals surface area contributed by atoms with E-state index < -0.39 is 22.9 Å². The van der Waals surface area contributed by atoms with Crippen LogP contribution >= 0.6 is 0 Å². The van der Waals surface area contributed by atoms with Crippen LogP contribution in [0.4, 0.5) is 11.4 Å². The summed E-state index contributed by atoms with van der Waals surface area (Å²) in [6, 6.07) is 4.56. The first-order valence-corrected chi connectivity index (χ1v) is 9.95. The number of nitrogens with two attached hydrogens (primary N) is 3. The first-order chi connectivity index (χ1) is 15.4. The van der Waals surface area contributed by atoms with Gasteiger partial charge in [0.2, 0.25) is 5.91 Å². The molecule has 14 nitrogen and oxygen atoms in total. The number of carboxylic acid groups (broad SMARTS) is 2. The topological polar surface area (TPSA) is 249 Å². The Morgan fingerprint density at radius 2 is 1.85 bits per heavy atom. The molecule has 0 spiro atoms. The van der Waals surface area contributed by atoms with E-state index in [4.69, 9.17) is 32.2 Å². The number of anilines is 1. The highest BCUT2D eigenvalue weighted by atomic mass is 16.6. The number of non-ortho nitro benzene ring substituents is 1. The number of nitro benzene ring substituents is 1. The second-order valence-corrected chi connectivity index (χ2v) is 6.86. The van der Waals surface area contributed by atoms with Crippen LogP contribution in [0.3, 0.4) is 0 Å². The Hall–Kier alpha value is -3.94. The third kappa shape index (κ3) is 14.7. The molecule has 1 aromatic rings. The Balaban J connectivity index is 0.000000607. The Labute approximate surface area is 190 Å². The molecule has 1 unspecified atom stereocenters. The molecule has 1 aromatic carbocycles. The molecule has 1 fully saturated rings. The lowest BCUT2D eigenvalue weighted by molar-refractivity contribution is -0.384. The van der Waals surface area contributed by atoms with Gasteiger partial charge in [0, 0.05) is 31.3 Å². The number of nitro groups is 1. The highest BCUT2D eigenvalue weighted by Gasteiger charge is 2.26. The van der Waals surface area contributed by atoms with Crippen LogP contribution in [0.1, 0.15) is 32.6 Å². The first-order valence-electron chi connectivity index (χ1n) is 9.95. The molecule has 0 saturated carbocycles. The van der Waals surface area contributed by atoms with E-state index in [1.165, 1.54) is 24.3 Å². The van der Waals surface area contributed by atoms with Gasteiger partial charge < -0.3 is 38.0 Å². The zero-order chi connectivity index (χ0) is 25.4. The van der Waals surface area contributed by atoms with Crippen LogP contribution in [0.25, 0.3) is 0 Å². The van der Waals surface area contributed by atoms with E-state index in [0.29, 0.717) is 25.1 Å². The monoisotopic (exact) mass is 469 g/mol. The number of aliphatic carboxylic acids is 2. The molecule has 2 atom stereocenters. The highest BCUT2D eigenvalue weighted by Crippen LogP contribution is 2.12. The number of hydrogen-bond donors (Lipinski definition) is 7. The van der Waals surface area contributed by atoms with E-state index >= 15 is 0 Å². The van der Waals surface area contributed by atoms with E-state index in [2.05, 4.69) is 15.6 Å². The molecule has 14 heteroatoms. The van der Waals surface area contributed by atoms with Crippen LogP contribution in [-0.2, 0) is 14.4 Å². The molecule has 1 heterocycles. The van der Waals surface area contributed by atoms with Crippen LogP contribution in [0.5, 0.6) is 0 Å². The van der Waals surface area contributed by atoms with Crippen LogP contribution < -0.4 is 27.8 Å². The van der Waals surface area contributed by atoms with Crippen molar-refractivity contribution in [1.82, 2.24) is 10.6 Å². The van der Waals surface area contributed by atoms with Gasteiger partial charge in [0.05, 0.1) is 11.0 Å². The minimum atomic E-state index is -1.05. The predicted octanol–water partition coefficient (Wildman–Crippen LogP) is -0.371. The van der Waals surface area contributed by atoms with Crippen molar-refractivity contribution in [2.45, 2.75) is 44.7 Å². The van der Waals surface area contributed by atoms with Crippen molar-refractivity contribution in [3.8, 4) is 0 Å². The van der Waals surface area contributed by atoms with Crippen molar-refractivity contribution >= 4 is 35.2 Å². The molecular formula is C19H31N7O7. The van der Waals surface area contributed by atoms with E-state index in [-0.39, 0.29) is 23.6 Å². The number of carboxylic acids is 2. The Morgan fingerprint density at radius 3 is 2.27 bits per heavy atom. The fourth-order valence-corrected chi connectivity index (χ4v) is 2.54. The number of guanidine groups is 1. The molecule has 33 heavy (non-hydrogen) atoms. The van der Waals surface area contributed by atoms with Gasteiger partial charge in [-0.3, -0.25) is 24.7 Å². The summed E-state index contributed by atoms with van der Waals surface area (Å²) in [4.78, 5) is 45.2. The zero-order valence-electron chi connectivity index (χ0n) is 18.3. The third-order valence-electron chi connectivity index (χ3n) is 4.04. The minimum Gasteiger partial charge on any atom is -0.481 e. The zero-order valence-corrected chi connectivity index (χ0v) is 18.3. The van der Waals surface area contributed by atoms with Gasteiger partial charge in [-0.25, -0.2) is 4.79 Å². The fraction of sp³-hybridized carbons (Fsp3) is 0.474. The Bertz CT molecular complexity index is 801. The lowest BCUT2D eigenvalue weighted by Crippen LogP contribution is -2.48. The van der Waals surface area contributed by atoms with Crippen molar-refractivity contribution < 1.29 is 29.5 Å². The SMILES string of the molecule is CC(=O)O.NC(N)=NCCCC(NC(=O)[C@@H]1CCCN1)C(=O)O.Nc1ccc([N+](=O)[O-])cc1. The normalized spacial score (nSPS) is 14.9. The number of nitrogens with one attached hydrogen (secondary N) is 2. The summed E-state index contributed by atoms with van der Waals surface area (Å²) in [6.07, 6.45) is 2.46. The lowest BCUT2D eigenvalue weighted by Gasteiger charge is -2.17. The Morgan fingerprint density at radius 1 is 1.27 bits per heavy atom. The van der Waals surface area contributed by atoms with Crippen molar-refractivity contribution in [2.24, 2.45) is 16.5 Å². The van der Waals surface area contributed by atoms with Crippen LogP contribution in [-0.4, -0.2) is 64.1 Å². The van der Waals surface area contributed by atoms with Crippen molar-refractivity contribution in [2.75, 3.05) is 18.8 Å². The van der Waals surface area contributed by atoms with Crippen molar-refractivity contribution in [3.63, 3.8) is 0 Å². The molecule has 0 radical (unpaired) electrons. The van der Waals surface area contributed by atoms with Gasteiger partial charge in [0.1, 0.15) is 6.04 Å². The maximum atomic E-state index is 11.8. The van der Waals surface area contributed by atoms with E-state index in [1.54, 1.807) is 0 Å². The maximum Gasteiger partial charge on any atom is 0.326 e. The smallest absolute Gasteiger partial charge is 0.326 e. The van der Waals surface area contributed by atoms with E-state index in [0.717, 1.165) is 26.3 Å². The number of carbonyl (C=O) groups excluding carboxylic acids is 1. The standard InChI is InChI=1S/C11H21N5O3.C6H6N2O2.C2H4O2/c12-11(13)15-6-2-4-8(10(18)19)16-9(17)7-3-1-5-14-7;7-5-1-3-6(4-2-5)8(9)10;1-2(3)4/h7-8,14H,1-6H2,(H,16,17)(H,18,19)(H4,12,13,15);1-4H,7H2;1H3,(H,3,4)/t7-,8?;;/m0../s1. The molecule has 0 bridgehead atoms. The van der Waals surface area contributed by atoms with Gasteiger partial charge in [-0.05, 0) is 44.4 Å². The second kappa shape index (κ2) is 15.8. The molecule has 10 N–H and O–H groups in total. The molecule has 0 aliphatic carbocycles. The predicted molar refractivity (Wildman–Crippen MR) is 121 cm³/mol. The quantitative estimate of drug-likeness (QED) is 0.0645. The Kier molecular flexibility index (Phi) is 13.9. The van der Waals surface area contributed by atoms with E-state index in [9.17, 15) is 19.7 Å². The average molecular weight is 469 g/mol. The highest BCUT2D eigenvalue weighted by molar-refractivity contribution is 5.87. The molecule has 1 saturated heterocycles. The van der Waals surface area contributed by atoms with Crippen LogP contribution in [0.15, 0.2) is 29.3 Å².